The first-order chi connectivity index (χ1) is 9.66. The van der Waals surface area contributed by atoms with E-state index in [0.717, 1.165) is 18.5 Å². The van der Waals surface area contributed by atoms with E-state index < -0.39 is 0 Å². The van der Waals surface area contributed by atoms with Crippen LogP contribution in [-0.4, -0.2) is 17.7 Å². The lowest BCUT2D eigenvalue weighted by Crippen LogP contribution is -2.38. The second-order valence-corrected chi connectivity index (χ2v) is 7.84. The van der Waals surface area contributed by atoms with E-state index in [1.807, 2.05) is 6.07 Å². The third-order valence-corrected chi connectivity index (χ3v) is 4.92. The normalized spacial score (nSPS) is 25.0. The first-order valence-corrected chi connectivity index (χ1v) is 8.34. The van der Waals surface area contributed by atoms with Crippen molar-refractivity contribution in [1.29, 1.82) is 0 Å². The minimum atomic E-state index is -0.236. The number of hydrogen-bond donors (Lipinski definition) is 1. The molecule has 2 unspecified atom stereocenters. The smallest absolute Gasteiger partial charge is 0.137 e. The van der Waals surface area contributed by atoms with Gasteiger partial charge in [-0.2, -0.15) is 0 Å². The van der Waals surface area contributed by atoms with Gasteiger partial charge in [-0.15, -0.1) is 0 Å². The maximum atomic E-state index is 13.9. The zero-order valence-electron chi connectivity index (χ0n) is 13.5. The highest BCUT2D eigenvalue weighted by Crippen LogP contribution is 2.47. The quantitative estimate of drug-likeness (QED) is 0.832. The molecule has 1 saturated heterocycles. The molecule has 1 heterocycles. The molecule has 1 aliphatic heterocycles. The van der Waals surface area contributed by atoms with Crippen LogP contribution in [0.3, 0.4) is 0 Å². The van der Waals surface area contributed by atoms with Crippen LogP contribution < -0.4 is 5.32 Å². The van der Waals surface area contributed by atoms with Gasteiger partial charge in [-0.1, -0.05) is 13.0 Å². The van der Waals surface area contributed by atoms with Gasteiger partial charge in [0.25, 0.3) is 0 Å². The molecule has 1 N–H and O–H groups in total. The second-order valence-electron chi connectivity index (χ2n) is 6.98. The minimum Gasteiger partial charge on any atom is -0.369 e. The maximum absolute atomic E-state index is 13.9. The topological polar surface area (TPSA) is 21.3 Å². The molecule has 1 aromatic carbocycles. The summed E-state index contributed by atoms with van der Waals surface area (Å²) < 4.78 is 20.6. The monoisotopic (exact) mass is 357 g/mol. The van der Waals surface area contributed by atoms with Gasteiger partial charge < -0.3 is 10.1 Å². The molecule has 0 aliphatic carbocycles. The third kappa shape index (κ3) is 3.66. The summed E-state index contributed by atoms with van der Waals surface area (Å²) in [7, 11) is 0. The summed E-state index contributed by atoms with van der Waals surface area (Å²) in [6.07, 6.45) is 0.954. The largest absolute Gasteiger partial charge is 0.369 e. The average Bonchev–Trinajstić information content (AvgIpc) is 2.58. The fourth-order valence-electron chi connectivity index (χ4n) is 3.54. The summed E-state index contributed by atoms with van der Waals surface area (Å²) in [6, 6.07) is 5.48. The van der Waals surface area contributed by atoms with Gasteiger partial charge in [0.15, 0.2) is 0 Å². The van der Waals surface area contributed by atoms with Crippen molar-refractivity contribution in [1.82, 2.24) is 5.32 Å². The second kappa shape index (κ2) is 5.98. The molecule has 4 heteroatoms. The van der Waals surface area contributed by atoms with E-state index in [1.54, 1.807) is 12.1 Å². The predicted octanol–water partition coefficient (Wildman–Crippen LogP) is 4.83. The Morgan fingerprint density at radius 3 is 2.52 bits per heavy atom. The van der Waals surface area contributed by atoms with E-state index in [1.165, 1.54) is 0 Å². The lowest BCUT2D eigenvalue weighted by Gasteiger charge is -2.34. The minimum absolute atomic E-state index is 0.0920. The maximum Gasteiger partial charge on any atom is 0.137 e. The Balaban J connectivity index is 2.36. The zero-order valence-corrected chi connectivity index (χ0v) is 15.1. The van der Waals surface area contributed by atoms with Crippen molar-refractivity contribution in [3.8, 4) is 0 Å². The highest BCUT2D eigenvalue weighted by atomic mass is 79.9. The summed E-state index contributed by atoms with van der Waals surface area (Å²) in [6.45, 7) is 11.4. The van der Waals surface area contributed by atoms with Crippen molar-refractivity contribution >= 4 is 15.9 Å². The van der Waals surface area contributed by atoms with Crippen molar-refractivity contribution in [3.63, 3.8) is 0 Å². The fraction of sp³-hybridized carbons (Fsp3) is 0.647. The van der Waals surface area contributed by atoms with Gasteiger partial charge in [-0.05, 0) is 74.3 Å². The lowest BCUT2D eigenvalue weighted by molar-refractivity contribution is -0.0778. The van der Waals surface area contributed by atoms with Crippen LogP contribution in [0.15, 0.2) is 22.7 Å². The van der Waals surface area contributed by atoms with Gasteiger partial charge in [0.1, 0.15) is 5.82 Å². The molecule has 0 amide bonds. The summed E-state index contributed by atoms with van der Waals surface area (Å²) in [5, 5.41) is 3.52. The Bertz CT molecular complexity index is 516. The van der Waals surface area contributed by atoms with Gasteiger partial charge in [-0.25, -0.2) is 4.39 Å². The van der Waals surface area contributed by atoms with E-state index in [-0.39, 0.29) is 23.1 Å². The van der Waals surface area contributed by atoms with Crippen LogP contribution in [0.2, 0.25) is 0 Å². The highest BCUT2D eigenvalue weighted by Gasteiger charge is 2.49. The number of hydrogen-bond acceptors (Lipinski definition) is 2. The summed E-state index contributed by atoms with van der Waals surface area (Å²) in [5.74, 6) is 0.0828. The summed E-state index contributed by atoms with van der Waals surface area (Å²) in [4.78, 5) is 0. The first kappa shape index (κ1) is 16.9. The predicted molar refractivity (Wildman–Crippen MR) is 87.9 cm³/mol. The van der Waals surface area contributed by atoms with Crippen LogP contribution >= 0.6 is 15.9 Å². The molecular weight excluding hydrogens is 333 g/mol. The number of halogens is 2. The van der Waals surface area contributed by atoms with Gasteiger partial charge in [0, 0.05) is 12.0 Å². The van der Waals surface area contributed by atoms with E-state index in [2.05, 4.69) is 55.9 Å². The van der Waals surface area contributed by atoms with Crippen molar-refractivity contribution in [2.24, 2.45) is 5.92 Å². The van der Waals surface area contributed by atoms with Crippen LogP contribution in [0.5, 0.6) is 0 Å². The van der Waals surface area contributed by atoms with E-state index >= 15 is 0 Å². The molecule has 0 radical (unpaired) electrons. The van der Waals surface area contributed by atoms with Crippen LogP contribution in [0.25, 0.3) is 0 Å². The Kier molecular flexibility index (Phi) is 4.81. The molecule has 0 spiro atoms. The van der Waals surface area contributed by atoms with E-state index in [4.69, 9.17) is 4.74 Å². The molecule has 21 heavy (non-hydrogen) atoms. The SMILES string of the molecule is CCNC(c1ccc(Br)c(F)c1)C1CC(C)(C)OC1(C)C. The highest BCUT2D eigenvalue weighted by molar-refractivity contribution is 9.10. The average molecular weight is 358 g/mol. The van der Waals surface area contributed by atoms with Gasteiger partial charge in [0.05, 0.1) is 15.7 Å². The molecule has 0 aromatic heterocycles. The molecule has 1 aromatic rings. The van der Waals surface area contributed by atoms with Crippen LogP contribution in [0.1, 0.15) is 52.6 Å². The van der Waals surface area contributed by atoms with E-state index in [9.17, 15) is 4.39 Å². The molecule has 0 bridgehead atoms. The summed E-state index contributed by atoms with van der Waals surface area (Å²) in [5.41, 5.74) is 0.604. The van der Waals surface area contributed by atoms with Crippen LogP contribution in [0, 0.1) is 11.7 Å². The van der Waals surface area contributed by atoms with Gasteiger partial charge in [-0.3, -0.25) is 0 Å². The third-order valence-electron chi connectivity index (χ3n) is 4.27. The number of benzene rings is 1. The Hall–Kier alpha value is -0.450. The molecule has 2 atom stereocenters. The molecular formula is C17H25BrFNO. The molecule has 2 nitrogen and oxygen atoms in total. The van der Waals surface area contributed by atoms with E-state index in [0.29, 0.717) is 10.4 Å². The molecule has 1 aliphatic rings. The fourth-order valence-corrected chi connectivity index (χ4v) is 3.79. The Morgan fingerprint density at radius 1 is 1.38 bits per heavy atom. The Labute approximate surface area is 135 Å². The van der Waals surface area contributed by atoms with Crippen molar-refractivity contribution in [3.05, 3.63) is 34.1 Å². The Morgan fingerprint density at radius 2 is 2.05 bits per heavy atom. The number of nitrogens with one attached hydrogen (secondary N) is 1. The molecule has 0 saturated carbocycles. The lowest BCUT2D eigenvalue weighted by atomic mass is 9.79. The van der Waals surface area contributed by atoms with Gasteiger partial charge in [0.2, 0.25) is 0 Å². The molecule has 1 fully saturated rings. The number of ether oxygens (including phenoxy) is 1. The van der Waals surface area contributed by atoms with Crippen molar-refractivity contribution in [2.75, 3.05) is 6.54 Å². The molecule has 118 valence electrons. The number of rotatable bonds is 4. The van der Waals surface area contributed by atoms with Gasteiger partial charge >= 0.3 is 0 Å². The van der Waals surface area contributed by atoms with Crippen molar-refractivity contribution in [2.45, 2.75) is 58.3 Å². The van der Waals surface area contributed by atoms with Crippen LogP contribution in [0.4, 0.5) is 4.39 Å². The zero-order chi connectivity index (χ0) is 15.8. The summed E-state index contributed by atoms with van der Waals surface area (Å²) >= 11 is 3.22. The standard InChI is InChI=1S/C17H25BrFNO/c1-6-20-15(11-7-8-13(18)14(19)9-11)12-10-16(2,3)21-17(12,4)5/h7-9,12,15,20H,6,10H2,1-5H3. The first-order valence-electron chi connectivity index (χ1n) is 7.55. The van der Waals surface area contributed by atoms with Crippen LogP contribution in [-0.2, 0) is 4.74 Å². The molecule has 2 rings (SSSR count). The van der Waals surface area contributed by atoms with Crippen molar-refractivity contribution < 1.29 is 9.13 Å².